The van der Waals surface area contributed by atoms with Crippen molar-refractivity contribution in [2.24, 2.45) is 0 Å². The maximum Gasteiger partial charge on any atom is 0.220 e. The molecule has 1 heterocycles. The van der Waals surface area contributed by atoms with Gasteiger partial charge in [-0.25, -0.2) is 0 Å². The summed E-state index contributed by atoms with van der Waals surface area (Å²) in [6.45, 7) is 3.62. The molecule has 4 heteroatoms. The molecule has 1 aromatic heterocycles. The van der Waals surface area contributed by atoms with Gasteiger partial charge in [-0.3, -0.25) is 9.48 Å². The molecule has 0 fully saturated rings. The molecule has 1 aliphatic carbocycles. The Morgan fingerprint density at radius 1 is 1.41 bits per heavy atom. The van der Waals surface area contributed by atoms with Crippen LogP contribution in [0.5, 0.6) is 0 Å². The van der Waals surface area contributed by atoms with Gasteiger partial charge < -0.3 is 5.32 Å². The van der Waals surface area contributed by atoms with Crippen LogP contribution in [-0.4, -0.2) is 15.7 Å². The third kappa shape index (κ3) is 3.38. The van der Waals surface area contributed by atoms with E-state index in [2.05, 4.69) is 41.6 Å². The molecule has 1 N–H and O–H groups in total. The lowest BCUT2D eigenvalue weighted by molar-refractivity contribution is -0.121. The van der Waals surface area contributed by atoms with E-state index >= 15 is 0 Å². The second-order valence-electron chi connectivity index (χ2n) is 6.03. The molecule has 1 unspecified atom stereocenters. The summed E-state index contributed by atoms with van der Waals surface area (Å²) in [5, 5.41) is 7.30. The first-order chi connectivity index (χ1) is 10.8. The van der Waals surface area contributed by atoms with Gasteiger partial charge in [-0.1, -0.05) is 31.2 Å². The summed E-state index contributed by atoms with van der Waals surface area (Å²) in [6.07, 6.45) is 7.67. The summed E-state index contributed by atoms with van der Waals surface area (Å²) < 4.78 is 1.93. The summed E-state index contributed by atoms with van der Waals surface area (Å²) in [7, 11) is 0. The minimum absolute atomic E-state index is 0.130. The van der Waals surface area contributed by atoms with E-state index in [4.69, 9.17) is 0 Å². The molecule has 2 aromatic rings. The van der Waals surface area contributed by atoms with E-state index in [-0.39, 0.29) is 5.91 Å². The molecule has 0 spiro atoms. The molecule has 1 amide bonds. The van der Waals surface area contributed by atoms with Gasteiger partial charge in [-0.15, -0.1) is 0 Å². The maximum absolute atomic E-state index is 12.2. The number of amides is 1. The van der Waals surface area contributed by atoms with Crippen LogP contribution >= 0.6 is 0 Å². The van der Waals surface area contributed by atoms with Crippen molar-refractivity contribution in [3.8, 4) is 0 Å². The van der Waals surface area contributed by atoms with E-state index in [0.717, 1.165) is 31.4 Å². The average molecular weight is 297 g/mol. The molecular weight excluding hydrogens is 274 g/mol. The zero-order chi connectivity index (χ0) is 15.4. The van der Waals surface area contributed by atoms with E-state index < -0.39 is 0 Å². The molecule has 116 valence electrons. The fraction of sp³-hybridized carbons (Fsp3) is 0.444. The minimum atomic E-state index is 0.130. The first kappa shape index (κ1) is 14.8. The molecule has 4 nitrogen and oxygen atoms in total. The fourth-order valence-corrected chi connectivity index (χ4v) is 3.20. The average Bonchev–Trinajstić information content (AvgIpc) is 3.13. The lowest BCUT2D eigenvalue weighted by Crippen LogP contribution is -2.24. The van der Waals surface area contributed by atoms with Crippen molar-refractivity contribution in [3.63, 3.8) is 0 Å². The Morgan fingerprint density at radius 3 is 3.14 bits per heavy atom. The predicted octanol–water partition coefficient (Wildman–Crippen LogP) is 3.03. The molecule has 0 aliphatic heterocycles. The summed E-state index contributed by atoms with van der Waals surface area (Å²) in [4.78, 5) is 12.2. The highest BCUT2D eigenvalue weighted by molar-refractivity contribution is 5.77. The molecular formula is C18H23N3O. The number of hydrogen-bond donors (Lipinski definition) is 1. The molecule has 0 radical (unpaired) electrons. The van der Waals surface area contributed by atoms with Gasteiger partial charge in [0.15, 0.2) is 0 Å². The van der Waals surface area contributed by atoms with Crippen molar-refractivity contribution in [2.75, 3.05) is 0 Å². The number of nitrogens with zero attached hydrogens (tertiary/aromatic N) is 2. The fourth-order valence-electron chi connectivity index (χ4n) is 3.20. The van der Waals surface area contributed by atoms with Crippen molar-refractivity contribution in [3.05, 3.63) is 53.3 Å². The van der Waals surface area contributed by atoms with Crippen molar-refractivity contribution < 1.29 is 4.79 Å². The van der Waals surface area contributed by atoms with E-state index in [0.29, 0.717) is 18.9 Å². The number of carbonyl (C=O) groups excluding carboxylic acids is 1. The third-order valence-electron chi connectivity index (χ3n) is 4.32. The number of aryl methyl sites for hydroxylation is 2. The third-order valence-corrected chi connectivity index (χ3v) is 4.32. The molecule has 0 saturated heterocycles. The van der Waals surface area contributed by atoms with Gasteiger partial charge >= 0.3 is 0 Å². The number of hydrogen-bond acceptors (Lipinski definition) is 2. The first-order valence-electron chi connectivity index (χ1n) is 8.12. The lowest BCUT2D eigenvalue weighted by Gasteiger charge is -2.11. The van der Waals surface area contributed by atoms with E-state index in [1.807, 2.05) is 17.1 Å². The molecule has 0 bridgehead atoms. The van der Waals surface area contributed by atoms with E-state index in [1.54, 1.807) is 0 Å². The van der Waals surface area contributed by atoms with Gasteiger partial charge in [0.1, 0.15) is 0 Å². The van der Waals surface area contributed by atoms with Crippen molar-refractivity contribution >= 4 is 5.91 Å². The molecule has 1 atom stereocenters. The maximum atomic E-state index is 12.2. The number of fused-ring (bicyclic) bond motifs is 1. The summed E-state index contributed by atoms with van der Waals surface area (Å²) in [5.41, 5.74) is 3.82. The van der Waals surface area contributed by atoms with Crippen LogP contribution in [0.2, 0.25) is 0 Å². The van der Waals surface area contributed by atoms with Crippen LogP contribution in [0.15, 0.2) is 36.7 Å². The van der Waals surface area contributed by atoms with Crippen LogP contribution in [0.1, 0.15) is 48.8 Å². The van der Waals surface area contributed by atoms with Crippen LogP contribution in [0.3, 0.4) is 0 Å². The Kier molecular flexibility index (Phi) is 4.56. The van der Waals surface area contributed by atoms with Gasteiger partial charge in [0.2, 0.25) is 5.91 Å². The number of rotatable bonds is 6. The first-order valence-corrected chi connectivity index (χ1v) is 8.12. The molecule has 22 heavy (non-hydrogen) atoms. The Balaban J connectivity index is 1.51. The van der Waals surface area contributed by atoms with Crippen molar-refractivity contribution in [1.29, 1.82) is 0 Å². The highest BCUT2D eigenvalue weighted by atomic mass is 16.1. The zero-order valence-electron chi connectivity index (χ0n) is 13.1. The monoisotopic (exact) mass is 297 g/mol. The molecule has 3 rings (SSSR count). The van der Waals surface area contributed by atoms with E-state index in [9.17, 15) is 4.79 Å². The zero-order valence-corrected chi connectivity index (χ0v) is 13.1. The van der Waals surface area contributed by atoms with Crippen LogP contribution < -0.4 is 5.32 Å². The standard InChI is InChI=1S/C18H23N3O/c1-2-9-21-13-14(12-20-21)11-19-18(22)10-16-8-7-15-5-3-4-6-17(15)16/h3-6,12-13,16H,2,7-11H2,1H3,(H,19,22). The quantitative estimate of drug-likeness (QED) is 0.891. The van der Waals surface area contributed by atoms with Crippen LogP contribution in [0, 0.1) is 0 Å². The number of nitrogens with one attached hydrogen (secondary N) is 1. The van der Waals surface area contributed by atoms with Gasteiger partial charge in [0.05, 0.1) is 6.20 Å². The second kappa shape index (κ2) is 6.77. The SMILES string of the molecule is CCCn1cc(CNC(=O)CC2CCc3ccccc32)cn1. The van der Waals surface area contributed by atoms with Gasteiger partial charge in [-0.2, -0.15) is 5.10 Å². The predicted molar refractivity (Wildman–Crippen MR) is 86.5 cm³/mol. The van der Waals surface area contributed by atoms with Gasteiger partial charge in [-0.05, 0) is 36.3 Å². The van der Waals surface area contributed by atoms with Crippen LogP contribution in [0.25, 0.3) is 0 Å². The highest BCUT2D eigenvalue weighted by Gasteiger charge is 2.23. The highest BCUT2D eigenvalue weighted by Crippen LogP contribution is 2.35. The normalized spacial score (nSPS) is 16.5. The Hall–Kier alpha value is -2.10. The van der Waals surface area contributed by atoms with Gasteiger partial charge in [0.25, 0.3) is 0 Å². The number of carbonyl (C=O) groups is 1. The second-order valence-corrected chi connectivity index (χ2v) is 6.03. The van der Waals surface area contributed by atoms with Crippen molar-refractivity contribution in [2.45, 2.75) is 51.6 Å². The minimum Gasteiger partial charge on any atom is -0.352 e. The van der Waals surface area contributed by atoms with Crippen LogP contribution in [0.4, 0.5) is 0 Å². The largest absolute Gasteiger partial charge is 0.352 e. The number of benzene rings is 1. The van der Waals surface area contributed by atoms with Gasteiger partial charge in [0, 0.05) is 31.3 Å². The summed E-state index contributed by atoms with van der Waals surface area (Å²) >= 11 is 0. The smallest absolute Gasteiger partial charge is 0.220 e. The Labute approximate surface area is 131 Å². The Bertz CT molecular complexity index is 647. The number of aromatic nitrogens is 2. The van der Waals surface area contributed by atoms with Crippen molar-refractivity contribution in [1.82, 2.24) is 15.1 Å². The summed E-state index contributed by atoms with van der Waals surface area (Å²) in [5.74, 6) is 0.504. The van der Waals surface area contributed by atoms with E-state index in [1.165, 1.54) is 11.1 Å². The van der Waals surface area contributed by atoms with Crippen LogP contribution in [-0.2, 0) is 24.3 Å². The molecule has 0 saturated carbocycles. The molecule has 1 aliphatic rings. The summed E-state index contributed by atoms with van der Waals surface area (Å²) in [6, 6.07) is 8.48. The lowest BCUT2D eigenvalue weighted by atomic mass is 9.97. The molecule has 1 aromatic carbocycles. The topological polar surface area (TPSA) is 46.9 Å². The Morgan fingerprint density at radius 2 is 2.27 bits per heavy atom.